The quantitative estimate of drug-likeness (QED) is 0.854. The second-order valence-corrected chi connectivity index (χ2v) is 7.23. The lowest BCUT2D eigenvalue weighted by Gasteiger charge is -2.41. The Balaban J connectivity index is 1.46. The third-order valence-electron chi connectivity index (χ3n) is 5.74. The third kappa shape index (κ3) is 3.46. The fourth-order valence-corrected chi connectivity index (χ4v) is 4.13. The first-order valence-corrected chi connectivity index (χ1v) is 9.37. The van der Waals surface area contributed by atoms with E-state index in [2.05, 4.69) is 31.7 Å². The van der Waals surface area contributed by atoms with Crippen LogP contribution in [0.1, 0.15) is 25.5 Å². The number of rotatable bonds is 3. The molecule has 25 heavy (non-hydrogen) atoms. The van der Waals surface area contributed by atoms with E-state index in [0.29, 0.717) is 6.04 Å². The van der Waals surface area contributed by atoms with E-state index in [-0.39, 0.29) is 0 Å². The van der Waals surface area contributed by atoms with E-state index < -0.39 is 0 Å². The zero-order valence-corrected chi connectivity index (χ0v) is 15.2. The molecule has 4 heterocycles. The molecule has 2 fully saturated rings. The summed E-state index contributed by atoms with van der Waals surface area (Å²) in [4.78, 5) is 18.6. The Morgan fingerprint density at radius 2 is 1.84 bits per heavy atom. The maximum absolute atomic E-state index is 5.49. The minimum Gasteiger partial charge on any atom is -0.379 e. The van der Waals surface area contributed by atoms with Gasteiger partial charge in [0.15, 0.2) is 5.82 Å². The summed E-state index contributed by atoms with van der Waals surface area (Å²) in [7, 11) is 0. The van der Waals surface area contributed by atoms with E-state index in [0.717, 1.165) is 67.9 Å². The Hall–Kier alpha value is -1.79. The maximum Gasteiger partial charge on any atom is 0.158 e. The number of anilines is 1. The monoisotopic (exact) mass is 341 g/mol. The second-order valence-electron chi connectivity index (χ2n) is 7.23. The number of piperidine rings is 1. The average molecular weight is 341 g/mol. The first-order valence-electron chi connectivity index (χ1n) is 9.37. The van der Waals surface area contributed by atoms with E-state index >= 15 is 0 Å². The van der Waals surface area contributed by atoms with Crippen LogP contribution in [0.5, 0.6) is 0 Å². The van der Waals surface area contributed by atoms with Crippen molar-refractivity contribution in [1.29, 1.82) is 0 Å². The van der Waals surface area contributed by atoms with Gasteiger partial charge < -0.3 is 9.64 Å². The molecule has 134 valence electrons. The molecule has 2 aromatic rings. The SMILES string of the molecule is Cc1ccc2ncnc(N3CCC(C(C)N4CCOCC4)CC3)c2n1. The molecule has 0 saturated carbocycles. The molecule has 2 aliphatic rings. The molecular formula is C19H27N5O. The van der Waals surface area contributed by atoms with Crippen LogP contribution in [-0.4, -0.2) is 65.3 Å². The minimum absolute atomic E-state index is 0.633. The number of hydrogen-bond donors (Lipinski definition) is 0. The Morgan fingerprint density at radius 1 is 1.08 bits per heavy atom. The molecule has 0 radical (unpaired) electrons. The molecule has 0 spiro atoms. The van der Waals surface area contributed by atoms with Crippen molar-refractivity contribution in [3.05, 3.63) is 24.2 Å². The summed E-state index contributed by atoms with van der Waals surface area (Å²) in [6, 6.07) is 4.68. The highest BCUT2D eigenvalue weighted by Gasteiger charge is 2.29. The summed E-state index contributed by atoms with van der Waals surface area (Å²) in [6.07, 6.45) is 4.07. The fraction of sp³-hybridized carbons (Fsp3) is 0.632. The predicted molar refractivity (Wildman–Crippen MR) is 98.9 cm³/mol. The van der Waals surface area contributed by atoms with Gasteiger partial charge in [-0.1, -0.05) is 0 Å². The minimum atomic E-state index is 0.633. The molecule has 0 bridgehead atoms. The molecule has 6 heteroatoms. The Labute approximate surface area is 149 Å². The van der Waals surface area contributed by atoms with Gasteiger partial charge in [-0.2, -0.15) is 0 Å². The molecular weight excluding hydrogens is 314 g/mol. The average Bonchev–Trinajstić information content (AvgIpc) is 2.68. The zero-order chi connectivity index (χ0) is 17.2. The van der Waals surface area contributed by atoms with Crippen molar-refractivity contribution in [2.24, 2.45) is 5.92 Å². The Bertz CT molecular complexity index is 723. The number of hydrogen-bond acceptors (Lipinski definition) is 6. The van der Waals surface area contributed by atoms with Crippen LogP contribution in [-0.2, 0) is 4.74 Å². The van der Waals surface area contributed by atoms with Gasteiger partial charge in [0, 0.05) is 37.9 Å². The molecule has 6 nitrogen and oxygen atoms in total. The van der Waals surface area contributed by atoms with Gasteiger partial charge in [0.1, 0.15) is 11.8 Å². The van der Waals surface area contributed by atoms with E-state index in [1.807, 2.05) is 19.1 Å². The van der Waals surface area contributed by atoms with Crippen LogP contribution in [0.25, 0.3) is 11.0 Å². The zero-order valence-electron chi connectivity index (χ0n) is 15.2. The van der Waals surface area contributed by atoms with Crippen LogP contribution < -0.4 is 4.90 Å². The lowest BCUT2D eigenvalue weighted by atomic mass is 9.89. The molecule has 2 aliphatic heterocycles. The first kappa shape index (κ1) is 16.7. The summed E-state index contributed by atoms with van der Waals surface area (Å²) in [5.41, 5.74) is 2.88. The fourth-order valence-electron chi connectivity index (χ4n) is 4.13. The van der Waals surface area contributed by atoms with Crippen LogP contribution >= 0.6 is 0 Å². The van der Waals surface area contributed by atoms with Gasteiger partial charge in [0.25, 0.3) is 0 Å². The van der Waals surface area contributed by atoms with Crippen molar-refractivity contribution < 1.29 is 4.74 Å². The van der Waals surface area contributed by atoms with Gasteiger partial charge in [0.2, 0.25) is 0 Å². The van der Waals surface area contributed by atoms with Crippen molar-refractivity contribution in [1.82, 2.24) is 19.9 Å². The molecule has 0 N–H and O–H groups in total. The van der Waals surface area contributed by atoms with Crippen LogP contribution in [0, 0.1) is 12.8 Å². The molecule has 2 saturated heterocycles. The van der Waals surface area contributed by atoms with E-state index in [4.69, 9.17) is 4.74 Å². The normalized spacial score (nSPS) is 21.6. The lowest BCUT2D eigenvalue weighted by Crippen LogP contribution is -2.48. The number of aryl methyl sites for hydroxylation is 1. The molecule has 1 unspecified atom stereocenters. The van der Waals surface area contributed by atoms with Crippen LogP contribution in [0.3, 0.4) is 0 Å². The summed E-state index contributed by atoms with van der Waals surface area (Å²) < 4.78 is 5.49. The van der Waals surface area contributed by atoms with Gasteiger partial charge in [-0.15, -0.1) is 0 Å². The maximum atomic E-state index is 5.49. The van der Waals surface area contributed by atoms with Gasteiger partial charge in [0.05, 0.1) is 18.7 Å². The molecule has 1 atom stereocenters. The first-order chi connectivity index (χ1) is 12.2. The van der Waals surface area contributed by atoms with Crippen LogP contribution in [0.2, 0.25) is 0 Å². The van der Waals surface area contributed by atoms with Crippen molar-refractivity contribution >= 4 is 16.9 Å². The van der Waals surface area contributed by atoms with Crippen molar-refractivity contribution in [2.75, 3.05) is 44.3 Å². The standard InChI is InChI=1S/C19H27N5O/c1-14-3-4-17-18(22-14)19(21-13-20-17)24-7-5-16(6-8-24)15(2)23-9-11-25-12-10-23/h3-4,13,15-16H,5-12H2,1-2H3. The van der Waals surface area contributed by atoms with Gasteiger partial charge in [-0.3, -0.25) is 4.90 Å². The summed E-state index contributed by atoms with van der Waals surface area (Å²) in [5, 5.41) is 0. The Morgan fingerprint density at radius 3 is 2.60 bits per heavy atom. The Kier molecular flexibility index (Phi) is 4.81. The molecule has 0 amide bonds. The highest BCUT2D eigenvalue weighted by atomic mass is 16.5. The van der Waals surface area contributed by atoms with Crippen molar-refractivity contribution in [2.45, 2.75) is 32.7 Å². The van der Waals surface area contributed by atoms with Gasteiger partial charge >= 0.3 is 0 Å². The lowest BCUT2D eigenvalue weighted by molar-refractivity contribution is 0.00448. The van der Waals surface area contributed by atoms with Crippen molar-refractivity contribution in [3.63, 3.8) is 0 Å². The number of nitrogens with zero attached hydrogens (tertiary/aromatic N) is 5. The topological polar surface area (TPSA) is 54.4 Å². The van der Waals surface area contributed by atoms with Crippen LogP contribution in [0.4, 0.5) is 5.82 Å². The summed E-state index contributed by atoms with van der Waals surface area (Å²) in [5.74, 6) is 1.74. The van der Waals surface area contributed by atoms with E-state index in [1.165, 1.54) is 12.8 Å². The number of ether oxygens (including phenoxy) is 1. The number of aromatic nitrogens is 3. The number of morpholine rings is 1. The third-order valence-corrected chi connectivity index (χ3v) is 5.74. The van der Waals surface area contributed by atoms with E-state index in [1.54, 1.807) is 6.33 Å². The van der Waals surface area contributed by atoms with Gasteiger partial charge in [-0.25, -0.2) is 15.0 Å². The highest BCUT2D eigenvalue weighted by molar-refractivity contribution is 5.85. The van der Waals surface area contributed by atoms with Gasteiger partial charge in [-0.05, 0) is 44.7 Å². The molecule has 4 rings (SSSR count). The van der Waals surface area contributed by atoms with Crippen molar-refractivity contribution in [3.8, 4) is 0 Å². The van der Waals surface area contributed by atoms with E-state index in [9.17, 15) is 0 Å². The summed E-state index contributed by atoms with van der Waals surface area (Å²) >= 11 is 0. The smallest absolute Gasteiger partial charge is 0.158 e. The summed E-state index contributed by atoms with van der Waals surface area (Å²) in [6.45, 7) is 10.4. The molecule has 0 aromatic carbocycles. The number of fused-ring (bicyclic) bond motifs is 1. The largest absolute Gasteiger partial charge is 0.379 e. The molecule has 0 aliphatic carbocycles. The molecule has 2 aromatic heterocycles. The highest BCUT2D eigenvalue weighted by Crippen LogP contribution is 2.29. The second kappa shape index (κ2) is 7.22. The number of pyridine rings is 1. The van der Waals surface area contributed by atoms with Crippen LogP contribution in [0.15, 0.2) is 18.5 Å². The predicted octanol–water partition coefficient (Wildman–Crippen LogP) is 2.27.